The monoisotopic (exact) mass is 341 g/mol. The standard InChI is InChI=1S/C18H19N3O4/c1-18(23,15-8-5-9-24-15)12-21-17(22)20-11-16-19-10-14(25-16)13-6-3-2-4-7-13/h2-10,23H,11-12H2,1H3,(H2,20,21,22)/t18-/m1/s1. The van der Waals surface area contributed by atoms with E-state index in [9.17, 15) is 9.90 Å². The number of carbonyl (C=O) groups is 1. The van der Waals surface area contributed by atoms with Gasteiger partial charge in [0.25, 0.3) is 0 Å². The number of oxazole rings is 1. The van der Waals surface area contributed by atoms with Crippen LogP contribution >= 0.6 is 0 Å². The van der Waals surface area contributed by atoms with Crippen molar-refractivity contribution in [1.29, 1.82) is 0 Å². The molecule has 7 nitrogen and oxygen atoms in total. The Hall–Kier alpha value is -3.06. The quantitative estimate of drug-likeness (QED) is 0.640. The zero-order valence-corrected chi connectivity index (χ0v) is 13.7. The van der Waals surface area contributed by atoms with Gasteiger partial charge < -0.3 is 24.6 Å². The molecule has 0 saturated carbocycles. The Morgan fingerprint density at radius 2 is 2.00 bits per heavy atom. The van der Waals surface area contributed by atoms with Gasteiger partial charge in [0.05, 0.1) is 25.5 Å². The molecule has 3 rings (SSSR count). The van der Waals surface area contributed by atoms with Crippen LogP contribution in [0.3, 0.4) is 0 Å². The van der Waals surface area contributed by atoms with E-state index in [4.69, 9.17) is 8.83 Å². The van der Waals surface area contributed by atoms with Crippen LogP contribution in [-0.2, 0) is 12.1 Å². The number of aromatic nitrogens is 1. The SMILES string of the molecule is C[C@@](O)(CNC(=O)NCc1ncc(-c2ccccc2)o1)c1ccco1. The molecule has 25 heavy (non-hydrogen) atoms. The van der Waals surface area contributed by atoms with Gasteiger partial charge in [0, 0.05) is 5.56 Å². The summed E-state index contributed by atoms with van der Waals surface area (Å²) in [5.74, 6) is 1.42. The number of nitrogens with zero attached hydrogens (tertiary/aromatic N) is 1. The summed E-state index contributed by atoms with van der Waals surface area (Å²) in [6.45, 7) is 1.71. The summed E-state index contributed by atoms with van der Waals surface area (Å²) in [7, 11) is 0. The second-order valence-electron chi connectivity index (χ2n) is 5.77. The summed E-state index contributed by atoms with van der Waals surface area (Å²) in [6, 6.07) is 12.5. The lowest BCUT2D eigenvalue weighted by Gasteiger charge is -2.21. The Balaban J connectivity index is 1.49. The number of rotatable bonds is 6. The molecule has 0 spiro atoms. The highest BCUT2D eigenvalue weighted by molar-refractivity contribution is 5.73. The van der Waals surface area contributed by atoms with Gasteiger partial charge in [-0.3, -0.25) is 0 Å². The van der Waals surface area contributed by atoms with Crippen LogP contribution in [0.5, 0.6) is 0 Å². The highest BCUT2D eigenvalue weighted by Crippen LogP contribution is 2.20. The molecule has 0 radical (unpaired) electrons. The number of carbonyl (C=O) groups excluding carboxylic acids is 1. The van der Waals surface area contributed by atoms with Crippen molar-refractivity contribution in [2.24, 2.45) is 0 Å². The molecule has 3 N–H and O–H groups in total. The van der Waals surface area contributed by atoms with Crippen molar-refractivity contribution in [2.75, 3.05) is 6.54 Å². The van der Waals surface area contributed by atoms with Gasteiger partial charge in [0.2, 0.25) is 5.89 Å². The van der Waals surface area contributed by atoms with Crippen molar-refractivity contribution < 1.29 is 18.7 Å². The van der Waals surface area contributed by atoms with Crippen molar-refractivity contribution >= 4 is 6.03 Å². The Morgan fingerprint density at radius 1 is 1.20 bits per heavy atom. The van der Waals surface area contributed by atoms with E-state index < -0.39 is 11.6 Å². The Bertz CT molecular complexity index is 810. The number of urea groups is 1. The lowest BCUT2D eigenvalue weighted by molar-refractivity contribution is 0.0367. The summed E-state index contributed by atoms with van der Waals surface area (Å²) in [4.78, 5) is 16.0. The highest BCUT2D eigenvalue weighted by Gasteiger charge is 2.26. The van der Waals surface area contributed by atoms with E-state index in [-0.39, 0.29) is 13.1 Å². The molecule has 1 aromatic carbocycles. The second-order valence-corrected chi connectivity index (χ2v) is 5.77. The molecule has 2 amide bonds. The number of amides is 2. The van der Waals surface area contributed by atoms with Crippen LogP contribution in [0.25, 0.3) is 11.3 Å². The molecule has 0 aliphatic heterocycles. The zero-order chi connectivity index (χ0) is 17.7. The number of nitrogens with one attached hydrogen (secondary N) is 2. The molecule has 0 unspecified atom stereocenters. The predicted octanol–water partition coefficient (Wildman–Crippen LogP) is 2.64. The van der Waals surface area contributed by atoms with Gasteiger partial charge in [0.15, 0.2) is 5.76 Å². The Morgan fingerprint density at radius 3 is 2.72 bits per heavy atom. The lowest BCUT2D eigenvalue weighted by Crippen LogP contribution is -2.43. The van der Waals surface area contributed by atoms with Gasteiger partial charge in [-0.2, -0.15) is 0 Å². The molecule has 7 heteroatoms. The maximum absolute atomic E-state index is 11.9. The number of hydrogen-bond acceptors (Lipinski definition) is 5. The number of aliphatic hydroxyl groups is 1. The smallest absolute Gasteiger partial charge is 0.315 e. The molecule has 1 atom stereocenters. The van der Waals surface area contributed by atoms with Crippen molar-refractivity contribution in [3.05, 3.63) is 66.6 Å². The fourth-order valence-corrected chi connectivity index (χ4v) is 2.27. The largest absolute Gasteiger partial charge is 0.466 e. The van der Waals surface area contributed by atoms with Crippen LogP contribution in [0.4, 0.5) is 4.79 Å². The van der Waals surface area contributed by atoms with Crippen molar-refractivity contribution in [3.8, 4) is 11.3 Å². The van der Waals surface area contributed by atoms with E-state index in [1.807, 2.05) is 30.3 Å². The van der Waals surface area contributed by atoms with Crippen molar-refractivity contribution in [1.82, 2.24) is 15.6 Å². The molecule has 0 aliphatic carbocycles. The van der Waals surface area contributed by atoms with E-state index in [0.29, 0.717) is 17.4 Å². The maximum Gasteiger partial charge on any atom is 0.315 e. The van der Waals surface area contributed by atoms with Gasteiger partial charge in [0.1, 0.15) is 11.4 Å². The van der Waals surface area contributed by atoms with Crippen LogP contribution in [-0.4, -0.2) is 22.7 Å². The molecular weight excluding hydrogens is 322 g/mol. The molecular formula is C18H19N3O4. The summed E-state index contributed by atoms with van der Waals surface area (Å²) >= 11 is 0. The Kier molecular flexibility index (Phi) is 4.85. The van der Waals surface area contributed by atoms with E-state index in [1.54, 1.807) is 25.3 Å². The van der Waals surface area contributed by atoms with E-state index in [0.717, 1.165) is 5.56 Å². The third kappa shape index (κ3) is 4.27. The molecule has 130 valence electrons. The third-order valence-electron chi connectivity index (χ3n) is 3.66. The fraction of sp³-hybridized carbons (Fsp3) is 0.222. The molecule has 0 bridgehead atoms. The molecule has 3 aromatic rings. The third-order valence-corrected chi connectivity index (χ3v) is 3.66. The molecule has 2 aromatic heterocycles. The first-order chi connectivity index (χ1) is 12.0. The summed E-state index contributed by atoms with van der Waals surface area (Å²) in [5.41, 5.74) is -0.371. The molecule has 0 saturated heterocycles. The molecule has 2 heterocycles. The van der Waals surface area contributed by atoms with Crippen LogP contribution < -0.4 is 10.6 Å². The fourth-order valence-electron chi connectivity index (χ4n) is 2.27. The first-order valence-corrected chi connectivity index (χ1v) is 7.83. The van der Waals surface area contributed by atoms with E-state index >= 15 is 0 Å². The van der Waals surface area contributed by atoms with Gasteiger partial charge in [-0.1, -0.05) is 30.3 Å². The van der Waals surface area contributed by atoms with Crippen LogP contribution in [0, 0.1) is 0 Å². The average Bonchev–Trinajstić information content (AvgIpc) is 3.31. The van der Waals surface area contributed by atoms with Crippen molar-refractivity contribution in [3.63, 3.8) is 0 Å². The highest BCUT2D eigenvalue weighted by atomic mass is 16.4. The van der Waals surface area contributed by atoms with E-state index in [1.165, 1.54) is 6.26 Å². The van der Waals surface area contributed by atoms with Gasteiger partial charge in [-0.25, -0.2) is 9.78 Å². The lowest BCUT2D eigenvalue weighted by atomic mass is 10.0. The zero-order valence-electron chi connectivity index (χ0n) is 13.7. The molecule has 0 fully saturated rings. The number of benzene rings is 1. The number of hydrogen-bond donors (Lipinski definition) is 3. The van der Waals surface area contributed by atoms with Crippen molar-refractivity contribution in [2.45, 2.75) is 19.1 Å². The maximum atomic E-state index is 11.9. The minimum atomic E-state index is -1.29. The summed E-state index contributed by atoms with van der Waals surface area (Å²) < 4.78 is 10.8. The van der Waals surface area contributed by atoms with Gasteiger partial charge in [-0.15, -0.1) is 0 Å². The van der Waals surface area contributed by atoms with Gasteiger partial charge >= 0.3 is 6.03 Å². The first-order valence-electron chi connectivity index (χ1n) is 7.83. The first kappa shape index (κ1) is 16.8. The Labute approximate surface area is 144 Å². The van der Waals surface area contributed by atoms with E-state index in [2.05, 4.69) is 15.6 Å². The number of furan rings is 1. The summed E-state index contributed by atoms with van der Waals surface area (Å²) in [6.07, 6.45) is 3.09. The summed E-state index contributed by atoms with van der Waals surface area (Å²) in [5, 5.41) is 15.5. The van der Waals surface area contributed by atoms with Crippen LogP contribution in [0.1, 0.15) is 18.6 Å². The normalized spacial score (nSPS) is 13.2. The minimum absolute atomic E-state index is 0.00714. The topological polar surface area (TPSA) is 101 Å². The molecule has 0 aliphatic rings. The second kappa shape index (κ2) is 7.23. The van der Waals surface area contributed by atoms with Crippen LogP contribution in [0.15, 0.2) is 63.8 Å². The van der Waals surface area contributed by atoms with Gasteiger partial charge in [-0.05, 0) is 19.1 Å². The minimum Gasteiger partial charge on any atom is -0.466 e. The average molecular weight is 341 g/mol. The van der Waals surface area contributed by atoms with Crippen LogP contribution in [0.2, 0.25) is 0 Å². The predicted molar refractivity (Wildman–Crippen MR) is 90.5 cm³/mol.